The number of aryl methyl sites for hydroxylation is 1. The molecule has 2 amide bonds. The van der Waals surface area contributed by atoms with Gasteiger partial charge in [0.05, 0.1) is 0 Å². The third-order valence-electron chi connectivity index (χ3n) is 3.62. The number of hydrogen-bond donors (Lipinski definition) is 0. The van der Waals surface area contributed by atoms with Crippen LogP contribution in [0.1, 0.15) is 36.7 Å². The first-order valence-corrected chi connectivity index (χ1v) is 6.95. The molecule has 0 spiro atoms. The maximum Gasteiger partial charge on any atom is 0.254 e. The zero-order valence-corrected chi connectivity index (χ0v) is 12.6. The first kappa shape index (κ1) is 14.6. The van der Waals surface area contributed by atoms with Gasteiger partial charge in [0.2, 0.25) is 5.91 Å². The third kappa shape index (κ3) is 3.00. The predicted octanol–water partition coefficient (Wildman–Crippen LogP) is 2.08. The molecule has 0 aliphatic carbocycles. The van der Waals surface area contributed by atoms with Crippen LogP contribution < -0.4 is 0 Å². The molecule has 1 aromatic carbocycles. The van der Waals surface area contributed by atoms with Crippen molar-refractivity contribution in [3.05, 3.63) is 35.4 Å². The van der Waals surface area contributed by atoms with Crippen LogP contribution in [0.15, 0.2) is 24.3 Å². The van der Waals surface area contributed by atoms with E-state index in [0.717, 1.165) is 5.56 Å². The highest BCUT2D eigenvalue weighted by Crippen LogP contribution is 2.18. The highest BCUT2D eigenvalue weighted by atomic mass is 16.2. The van der Waals surface area contributed by atoms with Crippen LogP contribution in [0.2, 0.25) is 0 Å². The van der Waals surface area contributed by atoms with Gasteiger partial charge in [-0.3, -0.25) is 9.59 Å². The van der Waals surface area contributed by atoms with E-state index >= 15 is 0 Å². The van der Waals surface area contributed by atoms with E-state index in [4.69, 9.17) is 0 Å². The van der Waals surface area contributed by atoms with Crippen molar-refractivity contribution in [3.63, 3.8) is 0 Å². The van der Waals surface area contributed by atoms with E-state index < -0.39 is 0 Å². The Kier molecular flexibility index (Phi) is 3.84. The van der Waals surface area contributed by atoms with Crippen LogP contribution in [-0.4, -0.2) is 46.8 Å². The Hall–Kier alpha value is -1.84. The number of amides is 2. The predicted molar refractivity (Wildman–Crippen MR) is 78.5 cm³/mol. The van der Waals surface area contributed by atoms with Gasteiger partial charge >= 0.3 is 0 Å². The molecule has 0 bridgehead atoms. The molecule has 108 valence electrons. The van der Waals surface area contributed by atoms with Crippen molar-refractivity contribution >= 4 is 11.8 Å². The van der Waals surface area contributed by atoms with Crippen LogP contribution in [0, 0.1) is 6.92 Å². The summed E-state index contributed by atoms with van der Waals surface area (Å²) in [6.07, 6.45) is 0. The highest BCUT2D eigenvalue weighted by Gasteiger charge is 2.33. The summed E-state index contributed by atoms with van der Waals surface area (Å²) < 4.78 is 0. The fourth-order valence-electron chi connectivity index (χ4n) is 2.43. The summed E-state index contributed by atoms with van der Waals surface area (Å²) in [6, 6.07) is 7.47. The number of rotatable bonds is 1. The smallest absolute Gasteiger partial charge is 0.254 e. The molecule has 0 radical (unpaired) electrons. The first-order valence-electron chi connectivity index (χ1n) is 6.95. The van der Waals surface area contributed by atoms with Crippen molar-refractivity contribution in [2.24, 2.45) is 0 Å². The maximum atomic E-state index is 12.4. The van der Waals surface area contributed by atoms with Gasteiger partial charge in [-0.2, -0.15) is 0 Å². The van der Waals surface area contributed by atoms with Gasteiger partial charge in [-0.05, 0) is 39.8 Å². The van der Waals surface area contributed by atoms with Crippen molar-refractivity contribution < 1.29 is 9.59 Å². The average molecular weight is 274 g/mol. The van der Waals surface area contributed by atoms with Crippen LogP contribution in [0.3, 0.4) is 0 Å². The normalized spacial score (nSPS) is 16.5. The van der Waals surface area contributed by atoms with Crippen LogP contribution >= 0.6 is 0 Å². The Labute approximate surface area is 120 Å². The summed E-state index contributed by atoms with van der Waals surface area (Å²) >= 11 is 0. The summed E-state index contributed by atoms with van der Waals surface area (Å²) in [5.41, 5.74) is 1.58. The molecule has 1 aliphatic heterocycles. The minimum Gasteiger partial charge on any atom is -0.335 e. The Balaban J connectivity index is 2.08. The van der Waals surface area contributed by atoms with Crippen molar-refractivity contribution in [3.8, 4) is 0 Å². The second-order valence-electron chi connectivity index (χ2n) is 6.31. The molecule has 4 nitrogen and oxygen atoms in total. The Bertz CT molecular complexity index is 514. The first-order chi connectivity index (χ1) is 9.29. The highest BCUT2D eigenvalue weighted by molar-refractivity contribution is 5.97. The molecule has 1 heterocycles. The molecular formula is C16H22N2O2. The lowest BCUT2D eigenvalue weighted by Gasteiger charge is -2.42. The lowest BCUT2D eigenvalue weighted by atomic mass is 10.0. The van der Waals surface area contributed by atoms with Gasteiger partial charge in [0.15, 0.2) is 0 Å². The minimum absolute atomic E-state index is 0.0178. The Morgan fingerprint density at radius 3 is 2.20 bits per heavy atom. The molecule has 1 aromatic rings. The van der Waals surface area contributed by atoms with E-state index in [9.17, 15) is 9.59 Å². The molecule has 1 aliphatic rings. The second-order valence-corrected chi connectivity index (χ2v) is 6.31. The van der Waals surface area contributed by atoms with Gasteiger partial charge in [-0.25, -0.2) is 0 Å². The zero-order valence-electron chi connectivity index (χ0n) is 12.6. The number of carbonyl (C=O) groups excluding carboxylic acids is 2. The average Bonchev–Trinajstić information content (AvgIpc) is 2.37. The molecule has 0 N–H and O–H groups in total. The van der Waals surface area contributed by atoms with Crippen LogP contribution in [0.25, 0.3) is 0 Å². The van der Waals surface area contributed by atoms with Gasteiger partial charge in [-0.1, -0.05) is 17.7 Å². The fraction of sp³-hybridized carbons (Fsp3) is 0.500. The molecule has 0 saturated carbocycles. The summed E-state index contributed by atoms with van der Waals surface area (Å²) in [4.78, 5) is 28.0. The lowest BCUT2D eigenvalue weighted by Crippen LogP contribution is -2.58. The van der Waals surface area contributed by atoms with Crippen LogP contribution in [0.5, 0.6) is 0 Å². The topological polar surface area (TPSA) is 40.6 Å². The van der Waals surface area contributed by atoms with E-state index in [1.807, 2.05) is 56.9 Å². The SMILES string of the molecule is Cc1ccc(C(=O)N2CCN(C(C)(C)C)C(=O)C2)cc1. The summed E-state index contributed by atoms with van der Waals surface area (Å²) in [5, 5.41) is 0. The van der Waals surface area contributed by atoms with Gasteiger partial charge in [0.25, 0.3) is 5.91 Å². The Morgan fingerprint density at radius 1 is 1.10 bits per heavy atom. The molecular weight excluding hydrogens is 252 g/mol. The van der Waals surface area contributed by atoms with E-state index in [0.29, 0.717) is 18.7 Å². The number of carbonyl (C=O) groups is 2. The minimum atomic E-state index is -0.184. The number of nitrogens with zero attached hydrogens (tertiary/aromatic N) is 2. The van der Waals surface area contributed by atoms with E-state index in [-0.39, 0.29) is 23.9 Å². The molecule has 1 saturated heterocycles. The van der Waals surface area contributed by atoms with Crippen LogP contribution in [-0.2, 0) is 4.79 Å². The maximum absolute atomic E-state index is 12.4. The molecule has 0 atom stereocenters. The molecule has 0 aromatic heterocycles. The van der Waals surface area contributed by atoms with Gasteiger partial charge in [-0.15, -0.1) is 0 Å². The summed E-state index contributed by atoms with van der Waals surface area (Å²) in [6.45, 7) is 9.40. The van der Waals surface area contributed by atoms with Crippen molar-refractivity contribution in [2.75, 3.05) is 19.6 Å². The quantitative estimate of drug-likeness (QED) is 0.786. The lowest BCUT2D eigenvalue weighted by molar-refractivity contribution is -0.140. The van der Waals surface area contributed by atoms with Gasteiger partial charge in [0.1, 0.15) is 6.54 Å². The molecule has 4 heteroatoms. The van der Waals surface area contributed by atoms with E-state index in [1.165, 1.54) is 0 Å². The van der Waals surface area contributed by atoms with Crippen LogP contribution in [0.4, 0.5) is 0 Å². The monoisotopic (exact) mass is 274 g/mol. The number of benzene rings is 1. The van der Waals surface area contributed by atoms with Crippen molar-refractivity contribution in [1.29, 1.82) is 0 Å². The number of piperazine rings is 1. The molecule has 2 rings (SSSR count). The van der Waals surface area contributed by atoms with Gasteiger partial charge in [0, 0.05) is 24.2 Å². The van der Waals surface area contributed by atoms with Gasteiger partial charge < -0.3 is 9.80 Å². The fourth-order valence-corrected chi connectivity index (χ4v) is 2.43. The van der Waals surface area contributed by atoms with Crippen molar-refractivity contribution in [1.82, 2.24) is 9.80 Å². The third-order valence-corrected chi connectivity index (χ3v) is 3.62. The Morgan fingerprint density at radius 2 is 1.70 bits per heavy atom. The zero-order chi connectivity index (χ0) is 14.9. The molecule has 20 heavy (non-hydrogen) atoms. The summed E-state index contributed by atoms with van der Waals surface area (Å²) in [5.74, 6) is -0.0453. The second kappa shape index (κ2) is 5.27. The number of hydrogen-bond acceptors (Lipinski definition) is 2. The molecule has 1 fully saturated rings. The van der Waals surface area contributed by atoms with E-state index in [1.54, 1.807) is 4.90 Å². The largest absolute Gasteiger partial charge is 0.335 e. The molecule has 0 unspecified atom stereocenters. The standard InChI is InChI=1S/C16H22N2O2/c1-12-5-7-13(8-6-12)15(20)17-9-10-18(14(19)11-17)16(2,3)4/h5-8H,9-11H2,1-4H3. The summed E-state index contributed by atoms with van der Waals surface area (Å²) in [7, 11) is 0. The van der Waals surface area contributed by atoms with E-state index in [2.05, 4.69) is 0 Å². The van der Waals surface area contributed by atoms with Crippen molar-refractivity contribution in [2.45, 2.75) is 33.2 Å².